The van der Waals surface area contributed by atoms with Gasteiger partial charge in [-0.2, -0.15) is 15.0 Å². The average molecular weight is 792 g/mol. The molecule has 0 N–H and O–H groups in total. The molecule has 0 fully saturated rings. The lowest BCUT2D eigenvalue weighted by Gasteiger charge is -2.17. The van der Waals surface area contributed by atoms with Crippen molar-refractivity contribution >= 4 is 43.6 Å². The predicted molar refractivity (Wildman–Crippen MR) is 256 cm³/mol. The van der Waals surface area contributed by atoms with E-state index in [2.05, 4.69) is 234 Å². The zero-order valence-corrected chi connectivity index (χ0v) is 33.6. The van der Waals surface area contributed by atoms with Crippen molar-refractivity contribution in [1.82, 2.24) is 24.1 Å². The van der Waals surface area contributed by atoms with Crippen LogP contribution in [0.15, 0.2) is 224 Å². The van der Waals surface area contributed by atoms with Crippen LogP contribution in [0, 0.1) is 0 Å². The van der Waals surface area contributed by atoms with E-state index in [1.54, 1.807) is 0 Å². The van der Waals surface area contributed by atoms with E-state index in [9.17, 15) is 0 Å². The van der Waals surface area contributed by atoms with Gasteiger partial charge in [-0.1, -0.05) is 200 Å². The summed E-state index contributed by atoms with van der Waals surface area (Å²) in [6.45, 7) is 0. The SMILES string of the molecule is c1ccc(-c2ccc3c4ccccc4n(-c4nc(-c5ccccc5-c5ccccc5-c5ccccc5-c5ccccc5)nc(-n5c6ccccc6c6ccccc65)n4)c3c2)cc1. The third-order valence-electron chi connectivity index (χ3n) is 12.1. The Morgan fingerprint density at radius 2 is 0.613 bits per heavy atom. The molecule has 0 aliphatic carbocycles. The molecule has 0 saturated heterocycles. The number of aromatic nitrogens is 5. The molecule has 3 aromatic heterocycles. The minimum absolute atomic E-state index is 0.542. The van der Waals surface area contributed by atoms with Crippen molar-refractivity contribution in [2.24, 2.45) is 0 Å². The highest BCUT2D eigenvalue weighted by Gasteiger charge is 2.23. The second-order valence-corrected chi connectivity index (χ2v) is 15.6. The van der Waals surface area contributed by atoms with E-state index < -0.39 is 0 Å². The number of para-hydroxylation sites is 3. The Bertz CT molecular complexity index is 3590. The van der Waals surface area contributed by atoms with Crippen LogP contribution in [0.2, 0.25) is 0 Å². The van der Waals surface area contributed by atoms with Crippen LogP contribution in [0.3, 0.4) is 0 Å². The zero-order chi connectivity index (χ0) is 41.0. The highest BCUT2D eigenvalue weighted by molar-refractivity contribution is 6.11. The van der Waals surface area contributed by atoms with E-state index in [1.807, 2.05) is 0 Å². The summed E-state index contributed by atoms with van der Waals surface area (Å²) in [5.41, 5.74) is 14.0. The lowest BCUT2D eigenvalue weighted by molar-refractivity contribution is 0.893. The standard InChI is InChI=1S/C57H37N5/c1-3-19-38(20-4-1)40-35-36-49-48-30-15-18-34-53(48)62(54(49)37-40)57-59-55(58-56(60-57)61-51-32-16-13-28-46(51)47-29-14-17-33-52(47)61)50-31-12-11-27-45(50)44-26-10-9-25-43(44)42-24-8-7-23-41(42)39-21-5-2-6-22-39/h1-37H. The van der Waals surface area contributed by atoms with Crippen LogP contribution in [0.5, 0.6) is 0 Å². The van der Waals surface area contributed by atoms with Crippen LogP contribution in [0.4, 0.5) is 0 Å². The van der Waals surface area contributed by atoms with Gasteiger partial charge in [0.05, 0.1) is 22.1 Å². The Morgan fingerprint density at radius 1 is 0.242 bits per heavy atom. The molecule has 290 valence electrons. The predicted octanol–water partition coefficient (Wildman–Crippen LogP) is 14.4. The fourth-order valence-corrected chi connectivity index (χ4v) is 9.26. The van der Waals surface area contributed by atoms with Crippen LogP contribution in [0.1, 0.15) is 0 Å². The summed E-state index contributed by atoms with van der Waals surface area (Å²) < 4.78 is 4.40. The summed E-state index contributed by atoms with van der Waals surface area (Å²) >= 11 is 0. The Labute approximate surface area is 358 Å². The number of hydrogen-bond acceptors (Lipinski definition) is 3. The number of rotatable bonds is 7. The molecular formula is C57H37N5. The summed E-state index contributed by atoms with van der Waals surface area (Å²) in [5, 5.41) is 4.55. The van der Waals surface area contributed by atoms with Gasteiger partial charge in [-0.25, -0.2) is 0 Å². The van der Waals surface area contributed by atoms with Crippen LogP contribution in [0.25, 0.3) is 111 Å². The summed E-state index contributed by atoms with van der Waals surface area (Å²) in [6.07, 6.45) is 0. The molecule has 0 radical (unpaired) electrons. The molecule has 0 unspecified atom stereocenters. The van der Waals surface area contributed by atoms with Crippen molar-refractivity contribution in [3.63, 3.8) is 0 Å². The molecule has 5 nitrogen and oxygen atoms in total. The van der Waals surface area contributed by atoms with E-state index in [0.29, 0.717) is 17.7 Å². The maximum Gasteiger partial charge on any atom is 0.240 e. The van der Waals surface area contributed by atoms with E-state index in [-0.39, 0.29) is 0 Å². The summed E-state index contributed by atoms with van der Waals surface area (Å²) in [7, 11) is 0. The molecule has 0 amide bonds. The lowest BCUT2D eigenvalue weighted by Crippen LogP contribution is -2.10. The normalized spacial score (nSPS) is 11.5. The van der Waals surface area contributed by atoms with Gasteiger partial charge >= 0.3 is 0 Å². The molecule has 0 atom stereocenters. The fraction of sp³-hybridized carbons (Fsp3) is 0. The van der Waals surface area contributed by atoms with Crippen LogP contribution >= 0.6 is 0 Å². The highest BCUT2D eigenvalue weighted by atomic mass is 15.3. The number of fused-ring (bicyclic) bond motifs is 6. The van der Waals surface area contributed by atoms with Crippen LogP contribution < -0.4 is 0 Å². The summed E-state index contributed by atoms with van der Waals surface area (Å²) in [6, 6.07) is 79.2. The van der Waals surface area contributed by atoms with Gasteiger partial charge in [0.1, 0.15) is 0 Å². The number of hydrogen-bond donors (Lipinski definition) is 0. The Balaban J connectivity index is 1.15. The molecule has 3 heterocycles. The van der Waals surface area contributed by atoms with Crippen LogP contribution in [-0.4, -0.2) is 24.1 Å². The van der Waals surface area contributed by atoms with Crippen molar-refractivity contribution < 1.29 is 0 Å². The first-order valence-corrected chi connectivity index (χ1v) is 21.0. The third-order valence-corrected chi connectivity index (χ3v) is 12.1. The van der Waals surface area contributed by atoms with Gasteiger partial charge in [0, 0.05) is 27.1 Å². The molecule has 12 aromatic rings. The molecule has 0 spiro atoms. The number of nitrogens with zero attached hydrogens (tertiary/aromatic N) is 5. The average Bonchev–Trinajstić information content (AvgIpc) is 3.87. The largest absolute Gasteiger partial charge is 0.278 e. The minimum Gasteiger partial charge on any atom is -0.278 e. The molecule has 9 aromatic carbocycles. The maximum atomic E-state index is 5.50. The van der Waals surface area contributed by atoms with E-state index in [0.717, 1.165) is 82.6 Å². The first kappa shape index (κ1) is 35.5. The maximum absolute atomic E-state index is 5.50. The van der Waals surface area contributed by atoms with Gasteiger partial charge in [0.15, 0.2) is 5.82 Å². The van der Waals surface area contributed by atoms with Crippen molar-refractivity contribution in [3.05, 3.63) is 224 Å². The van der Waals surface area contributed by atoms with E-state index in [4.69, 9.17) is 15.0 Å². The topological polar surface area (TPSA) is 48.5 Å². The Hall–Kier alpha value is -8.41. The van der Waals surface area contributed by atoms with Crippen molar-refractivity contribution in [3.8, 4) is 67.8 Å². The molecule has 0 aliphatic heterocycles. The van der Waals surface area contributed by atoms with Crippen LogP contribution in [-0.2, 0) is 0 Å². The van der Waals surface area contributed by atoms with Crippen molar-refractivity contribution in [1.29, 1.82) is 0 Å². The zero-order valence-electron chi connectivity index (χ0n) is 33.6. The second kappa shape index (κ2) is 14.7. The molecule has 5 heteroatoms. The van der Waals surface area contributed by atoms with E-state index in [1.165, 1.54) is 11.1 Å². The molecule has 0 bridgehead atoms. The second-order valence-electron chi connectivity index (χ2n) is 15.6. The Kier molecular flexibility index (Phi) is 8.42. The molecule has 0 saturated carbocycles. The van der Waals surface area contributed by atoms with Gasteiger partial charge in [-0.15, -0.1) is 0 Å². The Morgan fingerprint density at radius 3 is 1.15 bits per heavy atom. The monoisotopic (exact) mass is 791 g/mol. The van der Waals surface area contributed by atoms with Crippen molar-refractivity contribution in [2.75, 3.05) is 0 Å². The smallest absolute Gasteiger partial charge is 0.240 e. The molecule has 0 aliphatic rings. The lowest BCUT2D eigenvalue weighted by atomic mass is 9.88. The van der Waals surface area contributed by atoms with Crippen molar-refractivity contribution in [2.45, 2.75) is 0 Å². The first-order valence-electron chi connectivity index (χ1n) is 21.0. The quantitative estimate of drug-likeness (QED) is 0.162. The van der Waals surface area contributed by atoms with Gasteiger partial charge in [-0.3, -0.25) is 9.13 Å². The highest BCUT2D eigenvalue weighted by Crippen LogP contribution is 2.42. The van der Waals surface area contributed by atoms with Gasteiger partial charge in [0.2, 0.25) is 11.9 Å². The fourth-order valence-electron chi connectivity index (χ4n) is 9.26. The third kappa shape index (κ3) is 5.82. The van der Waals surface area contributed by atoms with E-state index >= 15 is 0 Å². The van der Waals surface area contributed by atoms with Gasteiger partial charge in [0.25, 0.3) is 0 Å². The van der Waals surface area contributed by atoms with Gasteiger partial charge in [-0.05, 0) is 68.8 Å². The summed E-state index contributed by atoms with van der Waals surface area (Å²) in [4.78, 5) is 16.4. The van der Waals surface area contributed by atoms with Gasteiger partial charge < -0.3 is 0 Å². The molecule has 62 heavy (non-hydrogen) atoms. The number of benzene rings is 9. The molecule has 12 rings (SSSR count). The minimum atomic E-state index is 0.542. The molecular weight excluding hydrogens is 755 g/mol. The summed E-state index contributed by atoms with van der Waals surface area (Å²) in [5.74, 6) is 1.67. The first-order chi connectivity index (χ1) is 30.8.